The van der Waals surface area contributed by atoms with Gasteiger partial charge in [-0.3, -0.25) is 4.98 Å². The standard InChI is InChI=1S/C19H14ClN5/c1-12-4-5-15-16(13-3-2-7-21-10-13)11-23-19(18(15)24-12)25-14-6-8-22-17(20)9-14/h2-11H,1H3,(H,22,23,25). The van der Waals surface area contributed by atoms with E-state index in [1.807, 2.05) is 43.6 Å². The zero-order valence-corrected chi connectivity index (χ0v) is 14.2. The molecule has 122 valence electrons. The summed E-state index contributed by atoms with van der Waals surface area (Å²) in [6, 6.07) is 11.6. The maximum Gasteiger partial charge on any atom is 0.157 e. The van der Waals surface area contributed by atoms with E-state index in [1.165, 1.54) is 0 Å². The van der Waals surface area contributed by atoms with Crippen LogP contribution in [0.5, 0.6) is 0 Å². The fraction of sp³-hybridized carbons (Fsp3) is 0.0526. The Morgan fingerprint density at radius 3 is 2.72 bits per heavy atom. The van der Waals surface area contributed by atoms with Crippen molar-refractivity contribution in [2.24, 2.45) is 0 Å². The summed E-state index contributed by atoms with van der Waals surface area (Å²) in [5.74, 6) is 0.675. The highest BCUT2D eigenvalue weighted by Crippen LogP contribution is 2.31. The lowest BCUT2D eigenvalue weighted by Crippen LogP contribution is -1.99. The maximum atomic E-state index is 5.97. The number of aromatic nitrogens is 4. The van der Waals surface area contributed by atoms with Crippen molar-refractivity contribution in [3.63, 3.8) is 0 Å². The second-order valence-corrected chi connectivity index (χ2v) is 5.99. The first-order valence-electron chi connectivity index (χ1n) is 7.76. The Morgan fingerprint density at radius 1 is 1.00 bits per heavy atom. The summed E-state index contributed by atoms with van der Waals surface area (Å²) in [5.41, 5.74) is 4.53. The Kier molecular flexibility index (Phi) is 3.99. The van der Waals surface area contributed by atoms with Crippen LogP contribution in [0.25, 0.3) is 22.0 Å². The molecular weight excluding hydrogens is 334 g/mol. The van der Waals surface area contributed by atoms with Crippen molar-refractivity contribution in [2.75, 3.05) is 5.32 Å². The molecule has 0 saturated carbocycles. The van der Waals surface area contributed by atoms with E-state index in [0.29, 0.717) is 11.0 Å². The summed E-state index contributed by atoms with van der Waals surface area (Å²) in [6.45, 7) is 1.96. The summed E-state index contributed by atoms with van der Waals surface area (Å²) in [5, 5.41) is 4.71. The largest absolute Gasteiger partial charge is 0.338 e. The molecule has 1 N–H and O–H groups in total. The van der Waals surface area contributed by atoms with Crippen LogP contribution >= 0.6 is 11.6 Å². The number of halogens is 1. The van der Waals surface area contributed by atoms with Crippen molar-refractivity contribution in [3.05, 3.63) is 72.0 Å². The molecule has 4 aromatic heterocycles. The van der Waals surface area contributed by atoms with Crippen molar-refractivity contribution in [1.82, 2.24) is 19.9 Å². The van der Waals surface area contributed by atoms with E-state index >= 15 is 0 Å². The predicted molar refractivity (Wildman–Crippen MR) is 100 cm³/mol. The van der Waals surface area contributed by atoms with Gasteiger partial charge in [-0.05, 0) is 31.2 Å². The SMILES string of the molecule is Cc1ccc2c(-c3cccnc3)cnc(Nc3ccnc(Cl)c3)c2n1. The van der Waals surface area contributed by atoms with Gasteiger partial charge in [0.25, 0.3) is 0 Å². The minimum atomic E-state index is 0.422. The number of hydrogen-bond acceptors (Lipinski definition) is 5. The highest BCUT2D eigenvalue weighted by Gasteiger charge is 2.11. The molecule has 0 unspecified atom stereocenters. The minimum Gasteiger partial charge on any atom is -0.338 e. The van der Waals surface area contributed by atoms with Crippen LogP contribution in [-0.2, 0) is 0 Å². The van der Waals surface area contributed by atoms with Gasteiger partial charge in [-0.25, -0.2) is 15.0 Å². The normalized spacial score (nSPS) is 10.8. The van der Waals surface area contributed by atoms with Crippen LogP contribution in [0.3, 0.4) is 0 Å². The molecule has 6 heteroatoms. The molecule has 0 amide bonds. The first-order valence-corrected chi connectivity index (χ1v) is 8.14. The summed E-state index contributed by atoms with van der Waals surface area (Å²) in [7, 11) is 0. The molecular formula is C19H14ClN5. The summed E-state index contributed by atoms with van der Waals surface area (Å²) in [4.78, 5) is 17.5. The van der Waals surface area contributed by atoms with Crippen molar-refractivity contribution >= 4 is 34.0 Å². The molecule has 5 nitrogen and oxygen atoms in total. The van der Waals surface area contributed by atoms with E-state index in [2.05, 4.69) is 31.3 Å². The molecule has 0 bridgehead atoms. The molecule has 0 aliphatic heterocycles. The van der Waals surface area contributed by atoms with Crippen LogP contribution in [0.4, 0.5) is 11.5 Å². The topological polar surface area (TPSA) is 63.6 Å². The molecule has 0 saturated heterocycles. The third-order valence-electron chi connectivity index (χ3n) is 3.83. The third kappa shape index (κ3) is 3.14. The number of nitrogens with zero attached hydrogens (tertiary/aromatic N) is 4. The molecule has 0 fully saturated rings. The number of hydrogen-bond donors (Lipinski definition) is 1. The smallest absolute Gasteiger partial charge is 0.157 e. The summed E-state index contributed by atoms with van der Waals surface area (Å²) < 4.78 is 0. The fourth-order valence-electron chi connectivity index (χ4n) is 2.67. The predicted octanol–water partition coefficient (Wildman–Crippen LogP) is 4.79. The van der Waals surface area contributed by atoms with E-state index in [4.69, 9.17) is 11.6 Å². The monoisotopic (exact) mass is 347 g/mol. The Labute approximate surface area is 149 Å². The minimum absolute atomic E-state index is 0.422. The van der Waals surface area contributed by atoms with Crippen LogP contribution < -0.4 is 5.32 Å². The molecule has 0 aliphatic rings. The first kappa shape index (κ1) is 15.5. The molecule has 4 heterocycles. The number of nitrogens with one attached hydrogen (secondary N) is 1. The van der Waals surface area contributed by atoms with Gasteiger partial charge in [0.1, 0.15) is 10.7 Å². The van der Waals surface area contributed by atoms with E-state index in [9.17, 15) is 0 Å². The van der Waals surface area contributed by atoms with Crippen LogP contribution in [0, 0.1) is 6.92 Å². The zero-order chi connectivity index (χ0) is 17.2. The van der Waals surface area contributed by atoms with Gasteiger partial charge in [0.2, 0.25) is 0 Å². The molecule has 0 atom stereocenters. The first-order chi connectivity index (χ1) is 12.2. The van der Waals surface area contributed by atoms with Gasteiger partial charge in [0.05, 0.1) is 0 Å². The van der Waals surface area contributed by atoms with E-state index in [1.54, 1.807) is 18.5 Å². The van der Waals surface area contributed by atoms with Crippen LogP contribution in [0.1, 0.15) is 5.69 Å². The fourth-order valence-corrected chi connectivity index (χ4v) is 2.85. The number of fused-ring (bicyclic) bond motifs is 1. The number of aryl methyl sites for hydroxylation is 1. The van der Waals surface area contributed by atoms with Crippen molar-refractivity contribution in [2.45, 2.75) is 6.92 Å². The molecule has 0 radical (unpaired) electrons. The zero-order valence-electron chi connectivity index (χ0n) is 13.4. The van der Waals surface area contributed by atoms with Crippen LogP contribution in [0.2, 0.25) is 5.15 Å². The summed E-state index contributed by atoms with van der Waals surface area (Å²) in [6.07, 6.45) is 7.06. The number of rotatable bonds is 3. The molecule has 0 aromatic carbocycles. The summed E-state index contributed by atoms with van der Waals surface area (Å²) >= 11 is 5.97. The average Bonchev–Trinajstić information content (AvgIpc) is 2.63. The lowest BCUT2D eigenvalue weighted by atomic mass is 10.0. The number of anilines is 2. The third-order valence-corrected chi connectivity index (χ3v) is 4.04. The Bertz CT molecular complexity index is 1050. The molecule has 4 rings (SSSR count). The van der Waals surface area contributed by atoms with Gasteiger partial charge >= 0.3 is 0 Å². The van der Waals surface area contributed by atoms with E-state index in [0.717, 1.165) is 33.4 Å². The maximum absolute atomic E-state index is 5.97. The molecule has 4 aromatic rings. The van der Waals surface area contributed by atoms with Gasteiger partial charge in [0.15, 0.2) is 5.82 Å². The van der Waals surface area contributed by atoms with Gasteiger partial charge in [-0.1, -0.05) is 23.7 Å². The highest BCUT2D eigenvalue weighted by atomic mass is 35.5. The van der Waals surface area contributed by atoms with Gasteiger partial charge in [0, 0.05) is 52.7 Å². The van der Waals surface area contributed by atoms with Gasteiger partial charge in [-0.2, -0.15) is 0 Å². The second kappa shape index (κ2) is 6.45. The second-order valence-electron chi connectivity index (χ2n) is 5.60. The molecule has 25 heavy (non-hydrogen) atoms. The molecule has 0 aliphatic carbocycles. The highest BCUT2D eigenvalue weighted by molar-refractivity contribution is 6.29. The molecule has 0 spiro atoms. The Morgan fingerprint density at radius 2 is 1.92 bits per heavy atom. The van der Waals surface area contributed by atoms with E-state index < -0.39 is 0 Å². The quantitative estimate of drug-likeness (QED) is 0.540. The van der Waals surface area contributed by atoms with Crippen LogP contribution in [-0.4, -0.2) is 19.9 Å². The average molecular weight is 348 g/mol. The van der Waals surface area contributed by atoms with Gasteiger partial charge < -0.3 is 5.32 Å². The van der Waals surface area contributed by atoms with Crippen molar-refractivity contribution in [1.29, 1.82) is 0 Å². The lowest BCUT2D eigenvalue weighted by Gasteiger charge is -2.12. The Balaban J connectivity index is 1.88. The van der Waals surface area contributed by atoms with Crippen molar-refractivity contribution in [3.8, 4) is 11.1 Å². The van der Waals surface area contributed by atoms with Crippen LogP contribution in [0.15, 0.2) is 61.2 Å². The number of pyridine rings is 4. The van der Waals surface area contributed by atoms with E-state index in [-0.39, 0.29) is 0 Å². The Hall–Kier alpha value is -3.05. The van der Waals surface area contributed by atoms with Crippen molar-refractivity contribution < 1.29 is 0 Å². The lowest BCUT2D eigenvalue weighted by molar-refractivity contribution is 1.22. The van der Waals surface area contributed by atoms with Gasteiger partial charge in [-0.15, -0.1) is 0 Å².